The molecule has 0 radical (unpaired) electrons. The molecule has 1 aliphatic heterocycles. The van der Waals surface area contributed by atoms with Gasteiger partial charge >= 0.3 is 0 Å². The molecule has 118 valence electrons. The van der Waals surface area contributed by atoms with Crippen LogP contribution in [0.5, 0.6) is 5.75 Å². The average Bonchev–Trinajstić information content (AvgIpc) is 2.40. The Morgan fingerprint density at radius 3 is 2.67 bits per heavy atom. The highest BCUT2D eigenvalue weighted by atomic mass is 35.5. The van der Waals surface area contributed by atoms with Crippen molar-refractivity contribution in [3.05, 3.63) is 40.8 Å². The molecule has 0 fully saturated rings. The van der Waals surface area contributed by atoms with Crippen molar-refractivity contribution in [2.24, 2.45) is 5.73 Å². The molecule has 6 heteroatoms. The van der Waals surface area contributed by atoms with Crippen LogP contribution in [0.4, 0.5) is 0 Å². The molecule has 0 saturated carbocycles. The Morgan fingerprint density at radius 2 is 2.10 bits per heavy atom. The molecule has 2 unspecified atom stereocenters. The van der Waals surface area contributed by atoms with Crippen molar-refractivity contribution >= 4 is 23.2 Å². The molecule has 1 aliphatic rings. The van der Waals surface area contributed by atoms with Gasteiger partial charge in [0, 0.05) is 27.5 Å². The van der Waals surface area contributed by atoms with E-state index in [1.165, 1.54) is 0 Å². The Kier molecular flexibility index (Phi) is 5.61. The summed E-state index contributed by atoms with van der Waals surface area (Å²) in [5.74, 6) is 1.10. The molecule has 1 aromatic rings. The minimum Gasteiger partial charge on any atom is -0.497 e. The largest absolute Gasteiger partial charge is 0.497 e. The van der Waals surface area contributed by atoms with Gasteiger partial charge in [0.15, 0.2) is 0 Å². The van der Waals surface area contributed by atoms with Gasteiger partial charge in [0.25, 0.3) is 0 Å². The van der Waals surface area contributed by atoms with Crippen molar-refractivity contribution in [1.82, 2.24) is 0 Å². The van der Waals surface area contributed by atoms with Crippen LogP contribution in [-0.2, 0) is 16.4 Å². The maximum Gasteiger partial charge on any atom is 0.119 e. The van der Waals surface area contributed by atoms with Gasteiger partial charge in [0.05, 0.1) is 7.11 Å². The summed E-state index contributed by atoms with van der Waals surface area (Å²) in [7, 11) is 0.508. The van der Waals surface area contributed by atoms with Gasteiger partial charge in [-0.05, 0) is 43.5 Å². The molecule has 0 aliphatic carbocycles. The van der Waals surface area contributed by atoms with Crippen LogP contribution in [0.1, 0.15) is 25.8 Å². The molecule has 4 nitrogen and oxygen atoms in total. The van der Waals surface area contributed by atoms with Crippen molar-refractivity contribution in [1.29, 1.82) is 0 Å². The third-order valence-electron chi connectivity index (χ3n) is 3.60. The number of hydrogen-bond acceptors (Lipinski definition) is 4. The van der Waals surface area contributed by atoms with E-state index in [9.17, 15) is 9.32 Å². The lowest BCUT2D eigenvalue weighted by molar-refractivity contribution is 0.0595. The Labute approximate surface area is 134 Å². The molecule has 0 spiro atoms. The lowest BCUT2D eigenvalue weighted by Crippen LogP contribution is -2.47. The number of aliphatic hydroxyl groups is 1. The van der Waals surface area contributed by atoms with Crippen LogP contribution in [0, 0.1) is 0 Å². The van der Waals surface area contributed by atoms with E-state index in [1.807, 2.05) is 32.0 Å². The van der Waals surface area contributed by atoms with Crippen LogP contribution in [0.3, 0.4) is 0 Å². The number of nitrogens with two attached hydrogens (primary N) is 1. The Balaban J connectivity index is 0.00000220. The number of benzene rings is 1. The van der Waals surface area contributed by atoms with E-state index in [0.717, 1.165) is 5.56 Å². The first-order valence-electron chi connectivity index (χ1n) is 6.53. The zero-order valence-corrected chi connectivity index (χ0v) is 14.1. The van der Waals surface area contributed by atoms with Gasteiger partial charge in [0.1, 0.15) is 11.4 Å². The number of ether oxygens (including phenoxy) is 1. The molecule has 2 atom stereocenters. The van der Waals surface area contributed by atoms with Gasteiger partial charge in [-0.25, -0.2) is 0 Å². The van der Waals surface area contributed by atoms with E-state index >= 15 is 0 Å². The summed E-state index contributed by atoms with van der Waals surface area (Å²) in [5.41, 5.74) is 5.55. The quantitative estimate of drug-likeness (QED) is 0.889. The molecule has 3 N–H and O–H groups in total. The third kappa shape index (κ3) is 3.66. The number of methoxy groups -OCH3 is 1. The third-order valence-corrected chi connectivity index (χ3v) is 4.71. The lowest BCUT2D eigenvalue weighted by Gasteiger charge is -2.40. The molecule has 0 amide bonds. The van der Waals surface area contributed by atoms with Gasteiger partial charge in [-0.3, -0.25) is 4.21 Å². The first-order chi connectivity index (χ1) is 9.27. The fraction of sp³-hybridized carbons (Fsp3) is 0.467. The van der Waals surface area contributed by atoms with Gasteiger partial charge in [-0.15, -0.1) is 12.4 Å². The average molecular weight is 332 g/mol. The summed E-state index contributed by atoms with van der Waals surface area (Å²) in [6, 6.07) is 7.30. The number of halogens is 1. The van der Waals surface area contributed by atoms with E-state index in [0.29, 0.717) is 23.5 Å². The van der Waals surface area contributed by atoms with Crippen LogP contribution in [-0.4, -0.2) is 27.7 Å². The van der Waals surface area contributed by atoms with Crippen molar-refractivity contribution in [2.75, 3.05) is 12.9 Å². The first-order valence-corrected chi connectivity index (χ1v) is 7.91. The highest BCUT2D eigenvalue weighted by Gasteiger charge is 2.42. The zero-order chi connectivity index (χ0) is 15.0. The molecular weight excluding hydrogens is 310 g/mol. The summed E-state index contributed by atoms with van der Waals surface area (Å²) < 4.78 is 17.0. The maximum atomic E-state index is 11.8. The van der Waals surface area contributed by atoms with E-state index < -0.39 is 21.9 Å². The van der Waals surface area contributed by atoms with Crippen LogP contribution in [0.2, 0.25) is 0 Å². The van der Waals surface area contributed by atoms with E-state index in [4.69, 9.17) is 10.5 Å². The summed E-state index contributed by atoms with van der Waals surface area (Å²) in [6.45, 7) is 3.62. The van der Waals surface area contributed by atoms with Gasteiger partial charge in [0.2, 0.25) is 0 Å². The normalized spacial score (nSPS) is 25.8. The maximum absolute atomic E-state index is 11.8. The second kappa shape index (κ2) is 6.48. The lowest BCUT2D eigenvalue weighted by atomic mass is 9.76. The molecule has 21 heavy (non-hydrogen) atoms. The van der Waals surface area contributed by atoms with Gasteiger partial charge < -0.3 is 15.6 Å². The van der Waals surface area contributed by atoms with Gasteiger partial charge in [-0.1, -0.05) is 12.1 Å². The molecule has 0 aromatic heterocycles. The SMILES string of the molecule is COc1cccc(C2(O)CCS(=O)C=C2C(C)(C)N)c1.Cl. The highest BCUT2D eigenvalue weighted by molar-refractivity contribution is 7.88. The van der Waals surface area contributed by atoms with Crippen LogP contribution < -0.4 is 10.5 Å². The minimum absolute atomic E-state index is 0. The Morgan fingerprint density at radius 1 is 1.43 bits per heavy atom. The molecule has 0 bridgehead atoms. The molecule has 2 rings (SSSR count). The van der Waals surface area contributed by atoms with Crippen LogP contribution >= 0.6 is 12.4 Å². The fourth-order valence-electron chi connectivity index (χ4n) is 2.54. The standard InChI is InChI=1S/C15H21NO3S.ClH/c1-14(2,16)13-10-20(18)8-7-15(13,17)11-5-4-6-12(9-11)19-3;/h4-6,9-10,17H,7-8,16H2,1-3H3;1H. The minimum atomic E-state index is -1.19. The first kappa shape index (κ1) is 18.2. The summed E-state index contributed by atoms with van der Waals surface area (Å²) in [4.78, 5) is 0. The van der Waals surface area contributed by atoms with Crippen molar-refractivity contribution in [3.8, 4) is 5.75 Å². The smallest absolute Gasteiger partial charge is 0.119 e. The van der Waals surface area contributed by atoms with E-state index in [2.05, 4.69) is 0 Å². The zero-order valence-electron chi connectivity index (χ0n) is 12.5. The van der Waals surface area contributed by atoms with Crippen molar-refractivity contribution < 1.29 is 14.1 Å². The molecular formula is C15H22ClNO3S. The predicted molar refractivity (Wildman–Crippen MR) is 88.1 cm³/mol. The predicted octanol–water partition coefficient (Wildman–Crippen LogP) is 2.08. The fourth-order valence-corrected chi connectivity index (χ4v) is 3.91. The number of hydrogen-bond donors (Lipinski definition) is 2. The molecule has 1 aromatic carbocycles. The van der Waals surface area contributed by atoms with Crippen molar-refractivity contribution in [2.45, 2.75) is 31.4 Å². The topological polar surface area (TPSA) is 72.5 Å². The summed E-state index contributed by atoms with van der Waals surface area (Å²) in [5, 5.41) is 12.7. The van der Waals surface area contributed by atoms with E-state index in [-0.39, 0.29) is 12.4 Å². The molecule has 0 saturated heterocycles. The highest BCUT2D eigenvalue weighted by Crippen LogP contribution is 2.41. The second-order valence-electron chi connectivity index (χ2n) is 5.68. The molecule has 1 heterocycles. The number of rotatable bonds is 3. The summed E-state index contributed by atoms with van der Waals surface area (Å²) in [6.07, 6.45) is 0.388. The Hall–Kier alpha value is -0.880. The van der Waals surface area contributed by atoms with Crippen LogP contribution in [0.15, 0.2) is 35.2 Å². The Bertz CT molecular complexity index is 568. The van der Waals surface area contributed by atoms with E-state index in [1.54, 1.807) is 18.6 Å². The second-order valence-corrected chi connectivity index (χ2v) is 7.09. The van der Waals surface area contributed by atoms with Gasteiger partial charge in [-0.2, -0.15) is 0 Å². The summed E-state index contributed by atoms with van der Waals surface area (Å²) >= 11 is 0. The van der Waals surface area contributed by atoms with Crippen molar-refractivity contribution in [3.63, 3.8) is 0 Å². The monoisotopic (exact) mass is 331 g/mol. The van der Waals surface area contributed by atoms with Crippen LogP contribution in [0.25, 0.3) is 0 Å².